The summed E-state index contributed by atoms with van der Waals surface area (Å²) in [4.78, 5) is 25.7. The minimum Gasteiger partial charge on any atom is -0.476 e. The predicted molar refractivity (Wildman–Crippen MR) is 77.3 cm³/mol. The van der Waals surface area contributed by atoms with E-state index in [2.05, 4.69) is 15.0 Å². The third kappa shape index (κ3) is 3.11. The highest BCUT2D eigenvalue weighted by Crippen LogP contribution is 2.21. The summed E-state index contributed by atoms with van der Waals surface area (Å²) in [5.41, 5.74) is 3.16. The monoisotopic (exact) mass is 292 g/mol. The number of aromatic nitrogens is 3. The summed E-state index contributed by atoms with van der Waals surface area (Å²) in [6.07, 6.45) is 1.57. The molecule has 0 atom stereocenters. The Kier molecular flexibility index (Phi) is 4.29. The molecule has 7 heteroatoms. The van der Waals surface area contributed by atoms with Gasteiger partial charge in [0.2, 0.25) is 0 Å². The van der Waals surface area contributed by atoms with Gasteiger partial charge in [-0.25, -0.2) is 19.7 Å². The van der Waals surface area contributed by atoms with Crippen molar-refractivity contribution in [1.82, 2.24) is 15.0 Å². The van der Waals surface area contributed by atoms with Crippen LogP contribution in [0.4, 0.5) is 5.69 Å². The summed E-state index contributed by atoms with van der Waals surface area (Å²) in [6, 6.07) is 0. The Balaban J connectivity index is 2.32. The SMILES string of the molecule is CC(C)c1ncc(N(C)Cc2cscn2)c(C(=O)O)n1. The molecule has 0 saturated heterocycles. The van der Waals surface area contributed by atoms with Gasteiger partial charge in [-0.2, -0.15) is 0 Å². The Hall–Kier alpha value is -2.02. The molecule has 0 bridgehead atoms. The van der Waals surface area contributed by atoms with E-state index in [1.807, 2.05) is 19.2 Å². The number of nitrogens with zero attached hydrogens (tertiary/aromatic N) is 4. The lowest BCUT2D eigenvalue weighted by molar-refractivity contribution is 0.0690. The van der Waals surface area contributed by atoms with E-state index in [9.17, 15) is 9.90 Å². The van der Waals surface area contributed by atoms with Gasteiger partial charge in [-0.1, -0.05) is 13.8 Å². The van der Waals surface area contributed by atoms with E-state index in [0.29, 0.717) is 18.1 Å². The van der Waals surface area contributed by atoms with Gasteiger partial charge >= 0.3 is 5.97 Å². The molecular formula is C13H16N4O2S. The van der Waals surface area contributed by atoms with Crippen LogP contribution in [0.1, 0.15) is 41.8 Å². The lowest BCUT2D eigenvalue weighted by Gasteiger charge is -2.20. The quantitative estimate of drug-likeness (QED) is 0.911. The smallest absolute Gasteiger partial charge is 0.356 e. The average molecular weight is 292 g/mol. The third-order valence-electron chi connectivity index (χ3n) is 2.80. The molecule has 0 aromatic carbocycles. The molecule has 0 aliphatic heterocycles. The van der Waals surface area contributed by atoms with Gasteiger partial charge in [-0.05, 0) is 0 Å². The molecule has 2 rings (SSSR count). The maximum Gasteiger partial charge on any atom is 0.356 e. The number of anilines is 1. The number of hydrogen-bond acceptors (Lipinski definition) is 6. The van der Waals surface area contributed by atoms with Crippen molar-refractivity contribution in [2.75, 3.05) is 11.9 Å². The Morgan fingerprint density at radius 3 is 2.75 bits per heavy atom. The second-order valence-corrected chi connectivity index (χ2v) is 5.48. The molecule has 0 aliphatic rings. The molecule has 0 spiro atoms. The maximum atomic E-state index is 11.4. The summed E-state index contributed by atoms with van der Waals surface area (Å²) in [5, 5.41) is 11.2. The van der Waals surface area contributed by atoms with Crippen molar-refractivity contribution in [3.8, 4) is 0 Å². The van der Waals surface area contributed by atoms with Crippen molar-refractivity contribution in [3.63, 3.8) is 0 Å². The topological polar surface area (TPSA) is 79.2 Å². The second-order valence-electron chi connectivity index (χ2n) is 4.76. The van der Waals surface area contributed by atoms with E-state index in [4.69, 9.17) is 0 Å². The van der Waals surface area contributed by atoms with Crippen molar-refractivity contribution < 1.29 is 9.90 Å². The second kappa shape index (κ2) is 5.96. The lowest BCUT2D eigenvalue weighted by Crippen LogP contribution is -2.21. The van der Waals surface area contributed by atoms with Gasteiger partial charge in [0.05, 0.1) is 29.6 Å². The molecule has 0 amide bonds. The Bertz CT molecular complexity index is 598. The zero-order chi connectivity index (χ0) is 14.7. The van der Waals surface area contributed by atoms with Crippen LogP contribution >= 0.6 is 11.3 Å². The van der Waals surface area contributed by atoms with Crippen molar-refractivity contribution >= 4 is 23.0 Å². The van der Waals surface area contributed by atoms with Crippen LogP contribution in [0, 0.1) is 0 Å². The van der Waals surface area contributed by atoms with E-state index in [1.54, 1.807) is 23.7 Å². The van der Waals surface area contributed by atoms with Crippen LogP contribution in [-0.4, -0.2) is 33.1 Å². The zero-order valence-electron chi connectivity index (χ0n) is 11.6. The number of thiazole rings is 1. The molecule has 0 saturated carbocycles. The molecule has 106 valence electrons. The van der Waals surface area contributed by atoms with E-state index in [0.717, 1.165) is 5.69 Å². The van der Waals surface area contributed by atoms with Gasteiger partial charge in [-0.15, -0.1) is 11.3 Å². The van der Waals surface area contributed by atoms with Crippen LogP contribution in [0.25, 0.3) is 0 Å². The lowest BCUT2D eigenvalue weighted by atomic mass is 10.2. The number of aromatic carboxylic acids is 1. The maximum absolute atomic E-state index is 11.4. The number of carbonyl (C=O) groups is 1. The highest BCUT2D eigenvalue weighted by atomic mass is 32.1. The van der Waals surface area contributed by atoms with Gasteiger partial charge in [0.25, 0.3) is 0 Å². The van der Waals surface area contributed by atoms with E-state index in [1.165, 1.54) is 11.3 Å². The summed E-state index contributed by atoms with van der Waals surface area (Å²) >= 11 is 1.51. The van der Waals surface area contributed by atoms with Crippen molar-refractivity contribution in [2.45, 2.75) is 26.3 Å². The Morgan fingerprint density at radius 2 is 2.20 bits per heavy atom. The summed E-state index contributed by atoms with van der Waals surface area (Å²) in [6.45, 7) is 4.38. The molecule has 6 nitrogen and oxygen atoms in total. The number of hydrogen-bond donors (Lipinski definition) is 1. The van der Waals surface area contributed by atoms with Crippen LogP contribution in [-0.2, 0) is 6.54 Å². The average Bonchev–Trinajstić information content (AvgIpc) is 2.90. The van der Waals surface area contributed by atoms with Gasteiger partial charge < -0.3 is 10.0 Å². The summed E-state index contributed by atoms with van der Waals surface area (Å²) < 4.78 is 0. The van der Waals surface area contributed by atoms with Crippen LogP contribution in [0.3, 0.4) is 0 Å². The summed E-state index contributed by atoms with van der Waals surface area (Å²) in [7, 11) is 1.81. The van der Waals surface area contributed by atoms with E-state index >= 15 is 0 Å². The first kappa shape index (κ1) is 14.4. The molecule has 0 fully saturated rings. The largest absolute Gasteiger partial charge is 0.476 e. The van der Waals surface area contributed by atoms with Gasteiger partial charge in [0, 0.05) is 18.3 Å². The molecule has 20 heavy (non-hydrogen) atoms. The number of carboxylic acids is 1. The highest BCUT2D eigenvalue weighted by Gasteiger charge is 2.18. The minimum atomic E-state index is -1.05. The Labute approximate surface area is 121 Å². The molecule has 0 aliphatic carbocycles. The van der Waals surface area contributed by atoms with Gasteiger partial charge in [0.1, 0.15) is 5.82 Å². The molecule has 0 radical (unpaired) electrons. The normalized spacial score (nSPS) is 10.8. The standard InChI is InChI=1S/C13H16N4O2S/c1-8(2)12-14-4-10(11(16-12)13(18)19)17(3)5-9-6-20-7-15-9/h4,6-8H,5H2,1-3H3,(H,18,19). The summed E-state index contributed by atoms with van der Waals surface area (Å²) in [5.74, 6) is -0.423. The fraction of sp³-hybridized carbons (Fsp3) is 0.385. The highest BCUT2D eigenvalue weighted by molar-refractivity contribution is 7.07. The molecule has 2 aromatic rings. The van der Waals surface area contributed by atoms with Crippen LogP contribution < -0.4 is 4.90 Å². The van der Waals surface area contributed by atoms with E-state index in [-0.39, 0.29) is 11.6 Å². The molecule has 2 aromatic heterocycles. The van der Waals surface area contributed by atoms with Crippen LogP contribution in [0.15, 0.2) is 17.1 Å². The fourth-order valence-electron chi connectivity index (χ4n) is 1.75. The Morgan fingerprint density at radius 1 is 1.45 bits per heavy atom. The van der Waals surface area contributed by atoms with Crippen molar-refractivity contribution in [2.24, 2.45) is 0 Å². The molecule has 2 heterocycles. The predicted octanol–water partition coefficient (Wildman–Crippen LogP) is 2.39. The van der Waals surface area contributed by atoms with Gasteiger partial charge in [0.15, 0.2) is 5.69 Å². The van der Waals surface area contributed by atoms with Gasteiger partial charge in [-0.3, -0.25) is 0 Å². The number of carboxylic acid groups (broad SMARTS) is 1. The third-order valence-corrected chi connectivity index (χ3v) is 3.44. The first-order chi connectivity index (χ1) is 9.49. The fourth-order valence-corrected chi connectivity index (χ4v) is 2.30. The van der Waals surface area contributed by atoms with Crippen LogP contribution in [0.2, 0.25) is 0 Å². The van der Waals surface area contributed by atoms with Crippen molar-refractivity contribution in [3.05, 3.63) is 34.3 Å². The minimum absolute atomic E-state index is 0.0291. The zero-order valence-corrected chi connectivity index (χ0v) is 12.4. The number of rotatable bonds is 5. The first-order valence-electron chi connectivity index (χ1n) is 6.17. The molecule has 1 N–H and O–H groups in total. The van der Waals surface area contributed by atoms with Crippen molar-refractivity contribution in [1.29, 1.82) is 0 Å². The van der Waals surface area contributed by atoms with E-state index < -0.39 is 5.97 Å². The first-order valence-corrected chi connectivity index (χ1v) is 7.11. The van der Waals surface area contributed by atoms with Crippen LogP contribution in [0.5, 0.6) is 0 Å². The molecular weight excluding hydrogens is 276 g/mol. The molecule has 0 unspecified atom stereocenters.